The Morgan fingerprint density at radius 1 is 0.784 bits per heavy atom. The van der Waals surface area contributed by atoms with Gasteiger partial charge in [0.05, 0.1) is 17.3 Å². The maximum Gasteiger partial charge on any atom is 0.312 e. The molecule has 6 atom stereocenters. The van der Waals surface area contributed by atoms with Crippen LogP contribution >= 0.6 is 0 Å². The fourth-order valence-electron chi connectivity index (χ4n) is 7.97. The third kappa shape index (κ3) is 5.49. The van der Waals surface area contributed by atoms with Gasteiger partial charge in [-0.05, 0) is 69.6 Å². The molecule has 6 aliphatic rings. The highest BCUT2D eigenvalue weighted by Gasteiger charge is 2.63. The Kier molecular flexibility index (Phi) is 7.22. The normalized spacial score (nSPS) is 38.5. The maximum absolute atomic E-state index is 13.5. The van der Waals surface area contributed by atoms with Crippen molar-refractivity contribution >= 4 is 29.5 Å². The zero-order valence-electron chi connectivity index (χ0n) is 22.1. The summed E-state index contributed by atoms with van der Waals surface area (Å²) in [7, 11) is 0. The van der Waals surface area contributed by atoms with Gasteiger partial charge < -0.3 is 14.2 Å². The van der Waals surface area contributed by atoms with E-state index in [1.165, 1.54) is 0 Å². The first-order valence-electron chi connectivity index (χ1n) is 14.2. The number of rotatable bonds is 7. The first kappa shape index (κ1) is 26.4. The minimum atomic E-state index is -0.712. The molecule has 0 aromatic carbocycles. The average molecular weight is 517 g/mol. The Balaban J connectivity index is 1.22. The fourth-order valence-corrected chi connectivity index (χ4v) is 7.97. The second kappa shape index (κ2) is 10.1. The summed E-state index contributed by atoms with van der Waals surface area (Å²) in [6, 6.07) is 0. The van der Waals surface area contributed by atoms with Gasteiger partial charge in [0, 0.05) is 32.1 Å². The summed E-state index contributed by atoms with van der Waals surface area (Å²) in [4.78, 5) is 63.1. The van der Waals surface area contributed by atoms with Gasteiger partial charge >= 0.3 is 17.9 Å². The molecule has 37 heavy (non-hydrogen) atoms. The Morgan fingerprint density at radius 2 is 1.32 bits per heavy atom. The molecule has 8 nitrogen and oxygen atoms in total. The molecule has 0 radical (unpaired) electrons. The second-order valence-corrected chi connectivity index (χ2v) is 12.8. The van der Waals surface area contributed by atoms with Crippen molar-refractivity contribution in [2.75, 3.05) is 0 Å². The van der Waals surface area contributed by atoms with E-state index in [2.05, 4.69) is 0 Å². The van der Waals surface area contributed by atoms with Crippen LogP contribution in [0, 0.1) is 29.1 Å². The lowest BCUT2D eigenvalue weighted by molar-refractivity contribution is -0.218. The first-order valence-corrected chi connectivity index (χ1v) is 14.2. The zero-order chi connectivity index (χ0) is 26.4. The van der Waals surface area contributed by atoms with Crippen molar-refractivity contribution in [2.45, 2.75) is 122 Å². The van der Waals surface area contributed by atoms with Crippen molar-refractivity contribution in [2.24, 2.45) is 29.1 Å². The number of Topliss-reactive ketones (excluding diaryl/α,β-unsaturated/α-hetero) is 2. The summed E-state index contributed by atoms with van der Waals surface area (Å²) in [5, 5.41) is 0. The number of hydrogen-bond acceptors (Lipinski definition) is 8. The van der Waals surface area contributed by atoms with E-state index in [4.69, 9.17) is 14.2 Å². The Morgan fingerprint density at radius 3 is 1.89 bits per heavy atom. The highest BCUT2D eigenvalue weighted by molar-refractivity contribution is 5.84. The Labute approximate surface area is 218 Å². The predicted molar refractivity (Wildman–Crippen MR) is 131 cm³/mol. The molecule has 0 aliphatic heterocycles. The van der Waals surface area contributed by atoms with Gasteiger partial charge in [-0.25, -0.2) is 0 Å². The minimum absolute atomic E-state index is 0.105. The summed E-state index contributed by atoms with van der Waals surface area (Å²) in [6.07, 6.45) is 8.22. The van der Waals surface area contributed by atoms with Crippen molar-refractivity contribution in [3.05, 3.63) is 0 Å². The van der Waals surface area contributed by atoms with Gasteiger partial charge in [0.25, 0.3) is 0 Å². The predicted octanol–water partition coefficient (Wildman–Crippen LogP) is 4.25. The molecule has 0 N–H and O–H groups in total. The largest absolute Gasteiger partial charge is 0.462 e. The number of hydrogen-bond donors (Lipinski definition) is 0. The van der Waals surface area contributed by atoms with E-state index < -0.39 is 40.9 Å². The molecule has 6 saturated carbocycles. The Hall–Kier alpha value is -2.25. The van der Waals surface area contributed by atoms with E-state index in [-0.39, 0.29) is 30.1 Å². The number of carbonyl (C=O) groups is 5. The molecule has 0 aromatic rings. The smallest absolute Gasteiger partial charge is 0.312 e. The molecule has 8 heteroatoms. The van der Waals surface area contributed by atoms with Crippen molar-refractivity contribution < 1.29 is 38.2 Å². The molecule has 6 unspecified atom stereocenters. The molecule has 0 amide bonds. The highest BCUT2D eigenvalue weighted by Crippen LogP contribution is 2.63. The van der Waals surface area contributed by atoms with Crippen molar-refractivity contribution in [1.82, 2.24) is 0 Å². The van der Waals surface area contributed by atoms with Gasteiger partial charge in [-0.1, -0.05) is 13.8 Å². The molecule has 6 fully saturated rings. The SMILES string of the molecule is CC(C(=O)OC1CCCC(=O)C1)C(C)C(=O)OC12CC3CC(C1)CC(C(=O)OC1CCCC(=O)C1)(C3)C2. The number of ether oxygens (including phenoxy) is 3. The zero-order valence-corrected chi connectivity index (χ0v) is 22.1. The van der Waals surface area contributed by atoms with E-state index in [0.29, 0.717) is 43.9 Å². The van der Waals surface area contributed by atoms with Crippen LogP contribution in [0.15, 0.2) is 0 Å². The van der Waals surface area contributed by atoms with Crippen LogP contribution in [0.5, 0.6) is 0 Å². The van der Waals surface area contributed by atoms with Crippen LogP contribution in [0.2, 0.25) is 0 Å². The van der Waals surface area contributed by atoms with Gasteiger partial charge in [0.2, 0.25) is 0 Å². The minimum Gasteiger partial charge on any atom is -0.462 e. The van der Waals surface area contributed by atoms with E-state index in [1.54, 1.807) is 13.8 Å². The molecule has 4 bridgehead atoms. The van der Waals surface area contributed by atoms with Crippen molar-refractivity contribution in [3.8, 4) is 0 Å². The molecular formula is C29H40O8. The summed E-state index contributed by atoms with van der Waals surface area (Å²) < 4.78 is 17.7. The topological polar surface area (TPSA) is 113 Å². The van der Waals surface area contributed by atoms with Crippen LogP contribution in [0.4, 0.5) is 0 Å². The maximum atomic E-state index is 13.5. The van der Waals surface area contributed by atoms with Crippen molar-refractivity contribution in [3.63, 3.8) is 0 Å². The first-order chi connectivity index (χ1) is 17.6. The molecule has 204 valence electrons. The highest BCUT2D eigenvalue weighted by atomic mass is 16.6. The third-order valence-electron chi connectivity index (χ3n) is 9.68. The number of carbonyl (C=O) groups excluding carboxylic acids is 5. The van der Waals surface area contributed by atoms with Gasteiger partial charge in [-0.3, -0.25) is 24.0 Å². The molecule has 0 aromatic heterocycles. The fraction of sp³-hybridized carbons (Fsp3) is 0.828. The summed E-state index contributed by atoms with van der Waals surface area (Å²) in [6.45, 7) is 3.35. The summed E-state index contributed by atoms with van der Waals surface area (Å²) >= 11 is 0. The lowest BCUT2D eigenvalue weighted by Gasteiger charge is -2.60. The molecule has 0 heterocycles. The molecular weight excluding hydrogens is 476 g/mol. The summed E-state index contributed by atoms with van der Waals surface area (Å²) in [5.41, 5.74) is -1.37. The van der Waals surface area contributed by atoms with Crippen LogP contribution in [0.3, 0.4) is 0 Å². The van der Waals surface area contributed by atoms with Gasteiger partial charge in [0.15, 0.2) is 0 Å². The molecule has 6 aliphatic carbocycles. The number of ketones is 2. The molecule has 0 saturated heterocycles. The van der Waals surface area contributed by atoms with Crippen LogP contribution in [-0.2, 0) is 38.2 Å². The van der Waals surface area contributed by atoms with Gasteiger partial charge in [-0.2, -0.15) is 0 Å². The van der Waals surface area contributed by atoms with Gasteiger partial charge in [0.1, 0.15) is 29.4 Å². The second-order valence-electron chi connectivity index (χ2n) is 12.8. The molecule has 6 rings (SSSR count). The summed E-state index contributed by atoms with van der Waals surface area (Å²) in [5.74, 6) is -1.67. The van der Waals surface area contributed by atoms with Crippen LogP contribution in [0.1, 0.15) is 104 Å². The average Bonchev–Trinajstić information content (AvgIpc) is 2.82. The van der Waals surface area contributed by atoms with E-state index in [1.807, 2.05) is 0 Å². The van der Waals surface area contributed by atoms with Gasteiger partial charge in [-0.15, -0.1) is 0 Å². The van der Waals surface area contributed by atoms with E-state index in [0.717, 1.165) is 51.4 Å². The van der Waals surface area contributed by atoms with Crippen molar-refractivity contribution in [1.29, 1.82) is 0 Å². The van der Waals surface area contributed by atoms with E-state index >= 15 is 0 Å². The van der Waals surface area contributed by atoms with Crippen LogP contribution in [0.25, 0.3) is 0 Å². The Bertz CT molecular complexity index is 955. The lowest BCUT2D eigenvalue weighted by Crippen LogP contribution is -2.60. The monoisotopic (exact) mass is 516 g/mol. The third-order valence-corrected chi connectivity index (χ3v) is 9.68. The standard InChI is InChI=1S/C29H40O8/c1-17(25(32)35-23-7-3-5-21(30)10-23)18(2)26(33)37-29-14-19-9-20(15-29)13-28(12-19,16-29)27(34)36-24-8-4-6-22(31)11-24/h17-20,23-24H,3-16H2,1-2H3. The van der Waals surface area contributed by atoms with Crippen LogP contribution < -0.4 is 0 Å². The van der Waals surface area contributed by atoms with E-state index in [9.17, 15) is 24.0 Å². The number of esters is 3. The quantitative estimate of drug-likeness (QED) is 0.365. The molecule has 0 spiro atoms. The van der Waals surface area contributed by atoms with Crippen LogP contribution in [-0.4, -0.2) is 47.3 Å². The lowest BCUT2D eigenvalue weighted by atomic mass is 9.48.